The number of nitrogens with zero attached hydrogens (tertiary/aromatic N) is 4. The Kier molecular flexibility index (Phi) is 6.92. The fourth-order valence-corrected chi connectivity index (χ4v) is 5.41. The van der Waals surface area contributed by atoms with E-state index in [-0.39, 0.29) is 5.56 Å². The molecule has 1 saturated heterocycles. The quantitative estimate of drug-likeness (QED) is 0.284. The van der Waals surface area contributed by atoms with E-state index in [0.717, 1.165) is 66.4 Å². The summed E-state index contributed by atoms with van der Waals surface area (Å²) in [6, 6.07) is 15.4. The molecule has 4 aromatic rings. The Labute approximate surface area is 201 Å². The van der Waals surface area contributed by atoms with Crippen LogP contribution in [0.15, 0.2) is 64.7 Å². The van der Waals surface area contributed by atoms with Gasteiger partial charge in [0.05, 0.1) is 29.6 Å². The van der Waals surface area contributed by atoms with Gasteiger partial charge < -0.3 is 4.74 Å². The molecule has 2 aromatic heterocycles. The van der Waals surface area contributed by atoms with Crippen LogP contribution in [0, 0.1) is 0 Å². The molecule has 33 heavy (non-hydrogen) atoms. The third-order valence-corrected chi connectivity index (χ3v) is 7.30. The number of thioether (sulfide) groups is 1. The van der Waals surface area contributed by atoms with Crippen LogP contribution in [0.4, 0.5) is 0 Å². The van der Waals surface area contributed by atoms with Crippen LogP contribution in [-0.4, -0.2) is 52.3 Å². The van der Waals surface area contributed by atoms with Crippen molar-refractivity contribution >= 4 is 45.2 Å². The molecular formula is C25H25ClN4O2S. The molecule has 1 aliphatic heterocycles. The van der Waals surface area contributed by atoms with Crippen LogP contribution < -0.4 is 5.56 Å². The van der Waals surface area contributed by atoms with Crippen LogP contribution in [0.3, 0.4) is 0 Å². The second-order valence-electron chi connectivity index (χ2n) is 8.07. The minimum absolute atomic E-state index is 0.0177. The van der Waals surface area contributed by atoms with E-state index < -0.39 is 0 Å². The van der Waals surface area contributed by atoms with Crippen LogP contribution in [0.1, 0.15) is 12.0 Å². The van der Waals surface area contributed by atoms with Gasteiger partial charge in [-0.05, 0) is 42.3 Å². The molecule has 0 N–H and O–H groups in total. The van der Waals surface area contributed by atoms with E-state index in [1.54, 1.807) is 18.0 Å². The van der Waals surface area contributed by atoms with E-state index in [1.165, 1.54) is 0 Å². The van der Waals surface area contributed by atoms with Crippen molar-refractivity contribution in [3.05, 3.63) is 75.7 Å². The summed E-state index contributed by atoms with van der Waals surface area (Å²) < 4.78 is 7.27. The van der Waals surface area contributed by atoms with Crippen LogP contribution in [0.5, 0.6) is 0 Å². The molecule has 5 rings (SSSR count). The topological polar surface area (TPSA) is 60.2 Å². The van der Waals surface area contributed by atoms with Gasteiger partial charge in [0.2, 0.25) is 0 Å². The molecule has 0 atom stereocenters. The molecule has 8 heteroatoms. The zero-order valence-corrected chi connectivity index (χ0v) is 19.8. The van der Waals surface area contributed by atoms with Gasteiger partial charge in [0.25, 0.3) is 5.56 Å². The predicted octanol–water partition coefficient (Wildman–Crippen LogP) is 4.61. The van der Waals surface area contributed by atoms with Crippen molar-refractivity contribution in [2.24, 2.45) is 0 Å². The monoisotopic (exact) mass is 480 g/mol. The van der Waals surface area contributed by atoms with E-state index in [2.05, 4.69) is 9.88 Å². The Hall–Kier alpha value is -2.45. The number of halogens is 1. The Bertz CT molecular complexity index is 1340. The first-order valence-electron chi connectivity index (χ1n) is 11.2. The van der Waals surface area contributed by atoms with E-state index in [4.69, 9.17) is 21.3 Å². The summed E-state index contributed by atoms with van der Waals surface area (Å²) in [5.41, 5.74) is 2.71. The van der Waals surface area contributed by atoms with Gasteiger partial charge in [-0.15, -0.1) is 0 Å². The molecule has 2 aromatic carbocycles. The molecule has 3 heterocycles. The number of para-hydroxylation sites is 1. The van der Waals surface area contributed by atoms with Gasteiger partial charge >= 0.3 is 0 Å². The van der Waals surface area contributed by atoms with Gasteiger partial charge in [-0.2, -0.15) is 0 Å². The average Bonchev–Trinajstić information content (AvgIpc) is 2.86. The highest BCUT2D eigenvalue weighted by Crippen LogP contribution is 2.29. The smallest absolute Gasteiger partial charge is 0.262 e. The number of ether oxygens (including phenoxy) is 1. The highest BCUT2D eigenvalue weighted by Gasteiger charge is 2.15. The summed E-state index contributed by atoms with van der Waals surface area (Å²) in [7, 11) is 0. The van der Waals surface area contributed by atoms with Gasteiger partial charge in [-0.3, -0.25) is 19.2 Å². The minimum atomic E-state index is 0.0177. The fraction of sp³-hybridized carbons (Fsp3) is 0.320. The highest BCUT2D eigenvalue weighted by atomic mass is 35.5. The Morgan fingerprint density at radius 3 is 2.70 bits per heavy atom. The van der Waals surface area contributed by atoms with E-state index in [1.807, 2.05) is 53.1 Å². The summed E-state index contributed by atoms with van der Waals surface area (Å²) in [6.45, 7) is 5.03. The molecule has 1 fully saturated rings. The number of pyridine rings is 1. The summed E-state index contributed by atoms with van der Waals surface area (Å²) in [4.78, 5) is 25.1. The SMILES string of the molecule is O=c1c2ccccc2nc(SCc2ccc(Cl)c3cccnc23)n1CCCN1CCOCC1. The van der Waals surface area contributed by atoms with Crippen molar-refractivity contribution in [2.45, 2.75) is 23.9 Å². The molecule has 0 spiro atoms. The standard InChI is InChI=1S/C25H25ClN4O2S/c26-21-9-8-18(23-19(21)6-3-10-27-23)17-33-25-28-22-7-2-1-5-20(22)24(31)30(25)12-4-11-29-13-15-32-16-14-29/h1-3,5-10H,4,11-17H2. The van der Waals surface area contributed by atoms with Crippen LogP contribution in [-0.2, 0) is 17.0 Å². The Morgan fingerprint density at radius 1 is 1.00 bits per heavy atom. The van der Waals surface area contributed by atoms with Crippen molar-refractivity contribution in [1.82, 2.24) is 19.4 Å². The zero-order valence-electron chi connectivity index (χ0n) is 18.2. The van der Waals surface area contributed by atoms with Crippen molar-refractivity contribution in [2.75, 3.05) is 32.8 Å². The molecule has 0 radical (unpaired) electrons. The molecule has 0 aliphatic carbocycles. The molecule has 0 amide bonds. The third kappa shape index (κ3) is 4.92. The first kappa shape index (κ1) is 22.3. The molecule has 1 aliphatic rings. The third-order valence-electron chi connectivity index (χ3n) is 5.94. The molecular weight excluding hydrogens is 456 g/mol. The van der Waals surface area contributed by atoms with E-state index >= 15 is 0 Å². The summed E-state index contributed by atoms with van der Waals surface area (Å²) in [5.74, 6) is 0.652. The van der Waals surface area contributed by atoms with Crippen LogP contribution >= 0.6 is 23.4 Å². The van der Waals surface area contributed by atoms with Gasteiger partial charge in [0, 0.05) is 48.5 Å². The first-order chi connectivity index (χ1) is 16.2. The summed E-state index contributed by atoms with van der Waals surface area (Å²) in [5, 5.41) is 3.02. The maximum Gasteiger partial charge on any atom is 0.262 e. The Morgan fingerprint density at radius 2 is 1.82 bits per heavy atom. The lowest BCUT2D eigenvalue weighted by Crippen LogP contribution is -2.37. The number of hydrogen-bond donors (Lipinski definition) is 0. The second-order valence-corrected chi connectivity index (χ2v) is 9.42. The van der Waals surface area contributed by atoms with Gasteiger partial charge in [-0.1, -0.05) is 41.6 Å². The zero-order chi connectivity index (χ0) is 22.6. The Balaban J connectivity index is 1.42. The lowest BCUT2D eigenvalue weighted by molar-refractivity contribution is 0.0368. The van der Waals surface area contributed by atoms with Gasteiger partial charge in [0.1, 0.15) is 0 Å². The van der Waals surface area contributed by atoms with Crippen molar-refractivity contribution in [3.8, 4) is 0 Å². The average molecular weight is 481 g/mol. The van der Waals surface area contributed by atoms with Crippen molar-refractivity contribution in [3.63, 3.8) is 0 Å². The maximum atomic E-state index is 13.3. The lowest BCUT2D eigenvalue weighted by atomic mass is 10.1. The first-order valence-corrected chi connectivity index (χ1v) is 12.5. The molecule has 0 bridgehead atoms. The van der Waals surface area contributed by atoms with Crippen LogP contribution in [0.2, 0.25) is 5.02 Å². The normalized spacial score (nSPS) is 14.8. The highest BCUT2D eigenvalue weighted by molar-refractivity contribution is 7.98. The second kappa shape index (κ2) is 10.2. The number of hydrogen-bond acceptors (Lipinski definition) is 6. The molecule has 0 unspecified atom stereocenters. The fourth-order valence-electron chi connectivity index (χ4n) is 4.19. The van der Waals surface area contributed by atoms with Gasteiger partial charge in [-0.25, -0.2) is 4.98 Å². The predicted molar refractivity (Wildman–Crippen MR) is 134 cm³/mol. The number of aromatic nitrogens is 3. The van der Waals surface area contributed by atoms with E-state index in [0.29, 0.717) is 22.7 Å². The van der Waals surface area contributed by atoms with Crippen molar-refractivity contribution < 1.29 is 4.74 Å². The van der Waals surface area contributed by atoms with Gasteiger partial charge in [0.15, 0.2) is 5.16 Å². The summed E-state index contributed by atoms with van der Waals surface area (Å²) in [6.07, 6.45) is 2.67. The summed E-state index contributed by atoms with van der Waals surface area (Å²) >= 11 is 7.93. The molecule has 6 nitrogen and oxygen atoms in total. The maximum absolute atomic E-state index is 13.3. The van der Waals surface area contributed by atoms with Crippen molar-refractivity contribution in [1.29, 1.82) is 0 Å². The van der Waals surface area contributed by atoms with Crippen LogP contribution in [0.25, 0.3) is 21.8 Å². The number of fused-ring (bicyclic) bond motifs is 2. The largest absolute Gasteiger partial charge is 0.379 e. The minimum Gasteiger partial charge on any atom is -0.379 e. The molecule has 170 valence electrons. The lowest BCUT2D eigenvalue weighted by Gasteiger charge is -2.26. The number of rotatable bonds is 7. The molecule has 0 saturated carbocycles. The number of morpholine rings is 1. The van der Waals surface area contributed by atoms with E-state index in [9.17, 15) is 4.79 Å². The number of benzene rings is 2.